The van der Waals surface area contributed by atoms with Crippen LogP contribution in [0.3, 0.4) is 0 Å². The maximum absolute atomic E-state index is 8.66. The second-order valence-electron chi connectivity index (χ2n) is 3.69. The lowest BCUT2D eigenvalue weighted by atomic mass is 10.0. The van der Waals surface area contributed by atoms with Gasteiger partial charge in [-0.3, -0.25) is 0 Å². The number of fused-ring (bicyclic) bond motifs is 1. The maximum atomic E-state index is 8.66. The van der Waals surface area contributed by atoms with Crippen molar-refractivity contribution in [3.8, 4) is 0 Å². The lowest BCUT2D eigenvalue weighted by Crippen LogP contribution is -2.04. The molecule has 0 aliphatic heterocycles. The number of aliphatic hydroxyl groups excluding tert-OH is 1. The molecule has 0 radical (unpaired) electrons. The van der Waals surface area contributed by atoms with Crippen LogP contribution < -0.4 is 11.5 Å². The molecule has 88 valence electrons. The molecule has 2 rings (SSSR count). The Morgan fingerprint density at radius 2 is 2.19 bits per heavy atom. The molecule has 0 aromatic heterocycles. The average molecular weight is 220 g/mol. The highest BCUT2D eigenvalue weighted by Crippen LogP contribution is 2.29. The summed E-state index contributed by atoms with van der Waals surface area (Å²) in [5.74, 6) is 0. The van der Waals surface area contributed by atoms with Crippen molar-refractivity contribution in [1.82, 2.24) is 0 Å². The second kappa shape index (κ2) is 6.43. The summed E-state index contributed by atoms with van der Waals surface area (Å²) >= 11 is 0. The number of hydrogen-bond acceptors (Lipinski definition) is 3. The van der Waals surface area contributed by atoms with E-state index in [1.165, 1.54) is 18.2 Å². The van der Waals surface area contributed by atoms with Crippen LogP contribution in [0.25, 0.3) is 6.08 Å². The Morgan fingerprint density at radius 3 is 2.88 bits per heavy atom. The van der Waals surface area contributed by atoms with Gasteiger partial charge < -0.3 is 16.6 Å². The van der Waals surface area contributed by atoms with Crippen LogP contribution in [0.5, 0.6) is 0 Å². The molecule has 0 saturated heterocycles. The van der Waals surface area contributed by atoms with Crippen molar-refractivity contribution in [2.24, 2.45) is 11.5 Å². The standard InChI is InChI=1S/C12H15NO.CH5N/c13-12-6-4-10-8-9(2-1-7-14)3-5-11(10)12;1-2/h1-3,5,8,12,14H,4,6-7,13H2;2H2,1H3/b2-1+;. The third-order valence-corrected chi connectivity index (χ3v) is 2.71. The van der Waals surface area contributed by atoms with Gasteiger partial charge in [0.25, 0.3) is 0 Å². The van der Waals surface area contributed by atoms with E-state index >= 15 is 0 Å². The number of nitrogens with two attached hydrogens (primary N) is 2. The Bertz CT molecular complexity index is 361. The summed E-state index contributed by atoms with van der Waals surface area (Å²) in [5, 5.41) is 8.66. The van der Waals surface area contributed by atoms with Gasteiger partial charge in [0, 0.05) is 6.04 Å². The zero-order chi connectivity index (χ0) is 12.0. The maximum Gasteiger partial charge on any atom is 0.0615 e. The molecule has 0 saturated carbocycles. The first-order valence-corrected chi connectivity index (χ1v) is 5.55. The van der Waals surface area contributed by atoms with Gasteiger partial charge in [-0.2, -0.15) is 0 Å². The third-order valence-electron chi connectivity index (χ3n) is 2.71. The predicted octanol–water partition coefficient (Wildman–Crippen LogP) is 1.21. The molecule has 1 aromatic rings. The molecule has 5 N–H and O–H groups in total. The molecule has 3 heteroatoms. The molecular weight excluding hydrogens is 200 g/mol. The summed E-state index contributed by atoms with van der Waals surface area (Å²) in [5.41, 5.74) is 14.2. The Kier molecular flexibility index (Phi) is 5.19. The molecule has 3 nitrogen and oxygen atoms in total. The Labute approximate surface area is 96.8 Å². The fraction of sp³-hybridized carbons (Fsp3) is 0.385. The molecule has 0 fully saturated rings. The number of aryl methyl sites for hydroxylation is 1. The van der Waals surface area contributed by atoms with Gasteiger partial charge in [0.05, 0.1) is 6.61 Å². The van der Waals surface area contributed by atoms with E-state index in [0.29, 0.717) is 0 Å². The quantitative estimate of drug-likeness (QED) is 0.701. The van der Waals surface area contributed by atoms with Crippen molar-refractivity contribution < 1.29 is 5.11 Å². The van der Waals surface area contributed by atoms with E-state index in [2.05, 4.69) is 23.9 Å². The summed E-state index contributed by atoms with van der Waals surface area (Å²) in [7, 11) is 1.50. The number of aliphatic hydroxyl groups is 1. The highest BCUT2D eigenvalue weighted by Gasteiger charge is 2.18. The van der Waals surface area contributed by atoms with Crippen molar-refractivity contribution in [3.05, 3.63) is 41.0 Å². The van der Waals surface area contributed by atoms with Gasteiger partial charge in [0.1, 0.15) is 0 Å². The molecule has 16 heavy (non-hydrogen) atoms. The molecule has 0 spiro atoms. The van der Waals surface area contributed by atoms with Crippen LogP contribution in [0.15, 0.2) is 24.3 Å². The van der Waals surface area contributed by atoms with Crippen LogP contribution in [0.4, 0.5) is 0 Å². The van der Waals surface area contributed by atoms with E-state index in [9.17, 15) is 0 Å². The Morgan fingerprint density at radius 1 is 1.44 bits per heavy atom. The highest BCUT2D eigenvalue weighted by molar-refractivity contribution is 5.53. The van der Waals surface area contributed by atoms with Crippen LogP contribution >= 0.6 is 0 Å². The third kappa shape index (κ3) is 2.92. The minimum absolute atomic E-state index is 0.0938. The molecule has 0 amide bonds. The molecule has 0 heterocycles. The van der Waals surface area contributed by atoms with E-state index in [4.69, 9.17) is 10.8 Å². The summed E-state index contributed by atoms with van der Waals surface area (Å²) in [6.45, 7) is 0.0938. The van der Waals surface area contributed by atoms with Crippen LogP contribution in [0.1, 0.15) is 29.2 Å². The first-order valence-electron chi connectivity index (χ1n) is 5.55. The summed E-state index contributed by atoms with van der Waals surface area (Å²) in [6.07, 6.45) is 5.82. The lowest BCUT2D eigenvalue weighted by Gasteiger charge is -2.04. The smallest absolute Gasteiger partial charge is 0.0615 e. The SMILES string of the molecule is CN.NC1CCc2cc(/C=C/CO)ccc21. The zero-order valence-corrected chi connectivity index (χ0v) is 9.69. The van der Waals surface area contributed by atoms with E-state index in [1.807, 2.05) is 6.08 Å². The molecular formula is C13H20N2O. The highest BCUT2D eigenvalue weighted by atomic mass is 16.2. The number of rotatable bonds is 2. The molecule has 1 aliphatic rings. The average Bonchev–Trinajstić information content (AvgIpc) is 2.71. The number of hydrogen-bond donors (Lipinski definition) is 3. The van der Waals surface area contributed by atoms with Crippen LogP contribution in [-0.4, -0.2) is 18.8 Å². The monoisotopic (exact) mass is 220 g/mol. The fourth-order valence-electron chi connectivity index (χ4n) is 1.96. The number of benzene rings is 1. The first-order chi connectivity index (χ1) is 7.81. The van der Waals surface area contributed by atoms with Crippen LogP contribution in [-0.2, 0) is 6.42 Å². The predicted molar refractivity (Wildman–Crippen MR) is 67.9 cm³/mol. The van der Waals surface area contributed by atoms with Crippen molar-refractivity contribution in [2.45, 2.75) is 18.9 Å². The Balaban J connectivity index is 0.000000606. The van der Waals surface area contributed by atoms with E-state index in [-0.39, 0.29) is 12.6 Å². The summed E-state index contributed by atoms with van der Waals surface area (Å²) < 4.78 is 0. The van der Waals surface area contributed by atoms with Crippen molar-refractivity contribution in [1.29, 1.82) is 0 Å². The lowest BCUT2D eigenvalue weighted by molar-refractivity contribution is 0.343. The normalized spacial score (nSPS) is 18.1. The van der Waals surface area contributed by atoms with Gasteiger partial charge in [0.15, 0.2) is 0 Å². The van der Waals surface area contributed by atoms with Gasteiger partial charge in [-0.1, -0.05) is 30.4 Å². The van der Waals surface area contributed by atoms with Gasteiger partial charge in [-0.25, -0.2) is 0 Å². The van der Waals surface area contributed by atoms with Gasteiger partial charge in [0.2, 0.25) is 0 Å². The van der Waals surface area contributed by atoms with E-state index in [1.54, 1.807) is 6.08 Å². The largest absolute Gasteiger partial charge is 0.392 e. The molecule has 1 aromatic carbocycles. The summed E-state index contributed by atoms with van der Waals surface area (Å²) in [4.78, 5) is 0. The fourth-order valence-corrected chi connectivity index (χ4v) is 1.96. The molecule has 1 aliphatic carbocycles. The minimum atomic E-state index is 0.0938. The Hall–Kier alpha value is -1.16. The van der Waals surface area contributed by atoms with E-state index < -0.39 is 0 Å². The topological polar surface area (TPSA) is 72.3 Å². The van der Waals surface area contributed by atoms with Crippen molar-refractivity contribution in [3.63, 3.8) is 0 Å². The van der Waals surface area contributed by atoms with Crippen molar-refractivity contribution in [2.75, 3.05) is 13.7 Å². The van der Waals surface area contributed by atoms with Gasteiger partial charge in [-0.05, 0) is 36.6 Å². The first kappa shape index (κ1) is 12.9. The molecule has 1 unspecified atom stereocenters. The van der Waals surface area contributed by atoms with Gasteiger partial charge >= 0.3 is 0 Å². The van der Waals surface area contributed by atoms with Crippen molar-refractivity contribution >= 4 is 6.08 Å². The van der Waals surface area contributed by atoms with Crippen LogP contribution in [0, 0.1) is 0 Å². The molecule has 0 bridgehead atoms. The minimum Gasteiger partial charge on any atom is -0.392 e. The second-order valence-corrected chi connectivity index (χ2v) is 3.69. The zero-order valence-electron chi connectivity index (χ0n) is 9.69. The summed E-state index contributed by atoms with van der Waals surface area (Å²) in [6, 6.07) is 6.54. The van der Waals surface area contributed by atoms with E-state index in [0.717, 1.165) is 18.4 Å². The molecule has 1 atom stereocenters. The van der Waals surface area contributed by atoms with Gasteiger partial charge in [-0.15, -0.1) is 0 Å². The van der Waals surface area contributed by atoms with Crippen LogP contribution in [0.2, 0.25) is 0 Å².